The Labute approximate surface area is 158 Å². The van der Waals surface area contributed by atoms with E-state index in [0.29, 0.717) is 0 Å². The summed E-state index contributed by atoms with van der Waals surface area (Å²) in [6, 6.07) is 13.7. The van der Waals surface area contributed by atoms with Gasteiger partial charge in [0.05, 0.1) is 0 Å². The number of rotatable bonds is 4. The van der Waals surface area contributed by atoms with Gasteiger partial charge in [0.25, 0.3) is 0 Å². The summed E-state index contributed by atoms with van der Waals surface area (Å²) in [5.41, 5.74) is 3.10. The largest absolute Gasteiger partial charge is 0.299 e. The molecule has 0 radical (unpaired) electrons. The maximum Gasteiger partial charge on any atom is 0.0237 e. The van der Waals surface area contributed by atoms with Crippen molar-refractivity contribution in [3.63, 3.8) is 0 Å². The van der Waals surface area contributed by atoms with Crippen LogP contribution in [0.4, 0.5) is 0 Å². The highest BCUT2D eigenvalue weighted by Crippen LogP contribution is 2.25. The lowest BCUT2D eigenvalue weighted by Gasteiger charge is -2.22. The molecule has 0 aromatic heterocycles. The number of hydrogen-bond acceptors (Lipinski definition) is 2. The molecule has 4 heteroatoms. The minimum atomic E-state index is 0. The quantitative estimate of drug-likeness (QED) is 0.760. The molecule has 0 spiro atoms. The van der Waals surface area contributed by atoms with Crippen molar-refractivity contribution in [3.8, 4) is 0 Å². The predicted molar refractivity (Wildman–Crippen MR) is 107 cm³/mol. The van der Waals surface area contributed by atoms with Gasteiger partial charge in [-0.3, -0.25) is 9.80 Å². The monoisotopic (exact) mass is 366 g/mol. The molecule has 0 saturated carbocycles. The second-order valence-electron chi connectivity index (χ2n) is 6.93. The van der Waals surface area contributed by atoms with Gasteiger partial charge in [0.15, 0.2) is 0 Å². The molecule has 0 bridgehead atoms. The average Bonchev–Trinajstić information content (AvgIpc) is 3.21. The van der Waals surface area contributed by atoms with E-state index < -0.39 is 0 Å². The van der Waals surface area contributed by atoms with E-state index in [9.17, 15) is 0 Å². The van der Waals surface area contributed by atoms with Crippen LogP contribution in [0.15, 0.2) is 36.4 Å². The van der Waals surface area contributed by atoms with Crippen LogP contribution in [0.2, 0.25) is 0 Å². The first kappa shape index (κ1) is 19.5. The standard InChI is InChI=1S/C20H26N2.2ClH/c1-2-8-18-14-20(16-22-11-5-6-12-22)19(13-17(18)7-1)15-21-9-3-4-10-21;;/h1-2,7-8,13-14H,3-6,9-12,15-16H2;2*1H. The summed E-state index contributed by atoms with van der Waals surface area (Å²) < 4.78 is 0. The van der Waals surface area contributed by atoms with Gasteiger partial charge >= 0.3 is 0 Å². The van der Waals surface area contributed by atoms with Crippen LogP contribution >= 0.6 is 24.8 Å². The summed E-state index contributed by atoms with van der Waals surface area (Å²) in [7, 11) is 0. The summed E-state index contributed by atoms with van der Waals surface area (Å²) in [5, 5.41) is 2.78. The fraction of sp³-hybridized carbons (Fsp3) is 0.500. The summed E-state index contributed by atoms with van der Waals surface area (Å²) in [4.78, 5) is 5.25. The predicted octanol–water partition coefficient (Wildman–Crippen LogP) is 4.88. The Hall–Kier alpha value is -0.800. The number of fused-ring (bicyclic) bond motifs is 1. The first-order valence-electron chi connectivity index (χ1n) is 8.84. The van der Waals surface area contributed by atoms with Crippen LogP contribution in [0, 0.1) is 0 Å². The molecule has 0 amide bonds. The zero-order valence-electron chi connectivity index (χ0n) is 14.2. The third-order valence-electron chi connectivity index (χ3n) is 5.25. The van der Waals surface area contributed by atoms with E-state index in [1.807, 2.05) is 0 Å². The van der Waals surface area contributed by atoms with E-state index in [0.717, 1.165) is 13.1 Å². The van der Waals surface area contributed by atoms with Crippen molar-refractivity contribution in [1.82, 2.24) is 9.80 Å². The molecule has 2 aromatic carbocycles. The summed E-state index contributed by atoms with van der Waals surface area (Å²) in [6.07, 6.45) is 5.48. The molecule has 2 saturated heterocycles. The Bertz CT molecular complexity index is 591. The SMILES string of the molecule is Cl.Cl.c1ccc2cc(CN3CCCC3)c(CN3CCCC3)cc2c1. The second-order valence-corrected chi connectivity index (χ2v) is 6.93. The molecular weight excluding hydrogens is 339 g/mol. The van der Waals surface area contributed by atoms with Crippen LogP contribution in [0.25, 0.3) is 10.8 Å². The molecule has 132 valence electrons. The third-order valence-corrected chi connectivity index (χ3v) is 5.25. The molecule has 0 N–H and O–H groups in total. The van der Waals surface area contributed by atoms with Crippen molar-refractivity contribution >= 4 is 35.6 Å². The van der Waals surface area contributed by atoms with Gasteiger partial charge < -0.3 is 0 Å². The summed E-state index contributed by atoms with van der Waals surface area (Å²) in [5.74, 6) is 0. The molecule has 0 atom stereocenters. The first-order valence-corrected chi connectivity index (χ1v) is 8.84. The van der Waals surface area contributed by atoms with E-state index in [1.165, 1.54) is 62.6 Å². The summed E-state index contributed by atoms with van der Waals surface area (Å²) >= 11 is 0. The molecule has 0 aliphatic carbocycles. The van der Waals surface area contributed by atoms with Gasteiger partial charge in [-0.1, -0.05) is 24.3 Å². The van der Waals surface area contributed by atoms with Crippen molar-refractivity contribution in [2.24, 2.45) is 0 Å². The second kappa shape index (κ2) is 9.05. The molecular formula is C20H28Cl2N2. The molecule has 2 nitrogen and oxygen atoms in total. The Morgan fingerprint density at radius 1 is 0.625 bits per heavy atom. The van der Waals surface area contributed by atoms with Gasteiger partial charge in [-0.15, -0.1) is 24.8 Å². The first-order chi connectivity index (χ1) is 10.9. The molecule has 2 aliphatic rings. The smallest absolute Gasteiger partial charge is 0.0237 e. The van der Waals surface area contributed by atoms with Gasteiger partial charge in [0, 0.05) is 13.1 Å². The molecule has 2 aromatic rings. The lowest BCUT2D eigenvalue weighted by molar-refractivity contribution is 0.314. The lowest BCUT2D eigenvalue weighted by Crippen LogP contribution is -2.22. The van der Waals surface area contributed by atoms with E-state index in [2.05, 4.69) is 46.2 Å². The van der Waals surface area contributed by atoms with Crippen molar-refractivity contribution < 1.29 is 0 Å². The Balaban J connectivity index is 0.00000104. The number of hydrogen-bond donors (Lipinski definition) is 0. The van der Waals surface area contributed by atoms with Crippen molar-refractivity contribution in [3.05, 3.63) is 47.5 Å². The van der Waals surface area contributed by atoms with E-state index >= 15 is 0 Å². The molecule has 4 rings (SSSR count). The van der Waals surface area contributed by atoms with Crippen LogP contribution in [-0.2, 0) is 13.1 Å². The molecule has 2 aliphatic heterocycles. The van der Waals surface area contributed by atoms with Crippen LogP contribution in [-0.4, -0.2) is 36.0 Å². The Morgan fingerprint density at radius 2 is 1.00 bits per heavy atom. The van der Waals surface area contributed by atoms with Gasteiger partial charge in [0.2, 0.25) is 0 Å². The van der Waals surface area contributed by atoms with E-state index in [1.54, 1.807) is 11.1 Å². The number of halogens is 2. The maximum atomic E-state index is 2.62. The number of nitrogens with zero attached hydrogens (tertiary/aromatic N) is 2. The molecule has 2 heterocycles. The zero-order chi connectivity index (χ0) is 14.8. The molecule has 0 unspecified atom stereocenters. The highest BCUT2D eigenvalue weighted by molar-refractivity contribution is 5.85. The zero-order valence-corrected chi connectivity index (χ0v) is 15.9. The number of benzene rings is 2. The Morgan fingerprint density at radius 3 is 1.38 bits per heavy atom. The van der Waals surface area contributed by atoms with Gasteiger partial charge in [-0.25, -0.2) is 0 Å². The van der Waals surface area contributed by atoms with Gasteiger partial charge in [-0.2, -0.15) is 0 Å². The minimum Gasteiger partial charge on any atom is -0.299 e. The highest BCUT2D eigenvalue weighted by Gasteiger charge is 2.17. The fourth-order valence-corrected chi connectivity index (χ4v) is 3.99. The normalized spacial score (nSPS) is 18.5. The van der Waals surface area contributed by atoms with Crippen LogP contribution in [0.3, 0.4) is 0 Å². The third kappa shape index (κ3) is 4.43. The van der Waals surface area contributed by atoms with Crippen molar-refractivity contribution in [2.45, 2.75) is 38.8 Å². The average molecular weight is 367 g/mol. The topological polar surface area (TPSA) is 6.48 Å². The van der Waals surface area contributed by atoms with Crippen molar-refractivity contribution in [1.29, 1.82) is 0 Å². The van der Waals surface area contributed by atoms with Crippen molar-refractivity contribution in [2.75, 3.05) is 26.2 Å². The van der Waals surface area contributed by atoms with E-state index in [-0.39, 0.29) is 24.8 Å². The van der Waals surface area contributed by atoms with E-state index in [4.69, 9.17) is 0 Å². The fourth-order valence-electron chi connectivity index (χ4n) is 3.99. The van der Waals surface area contributed by atoms with Crippen LogP contribution < -0.4 is 0 Å². The highest BCUT2D eigenvalue weighted by atomic mass is 35.5. The lowest BCUT2D eigenvalue weighted by atomic mass is 10.00. The van der Waals surface area contributed by atoms with Gasteiger partial charge in [0.1, 0.15) is 0 Å². The molecule has 2 fully saturated rings. The maximum absolute atomic E-state index is 2.62. The summed E-state index contributed by atoms with van der Waals surface area (Å²) in [6.45, 7) is 7.36. The van der Waals surface area contributed by atoms with Crippen LogP contribution in [0.5, 0.6) is 0 Å². The van der Waals surface area contributed by atoms with Gasteiger partial charge in [-0.05, 0) is 85.9 Å². The minimum absolute atomic E-state index is 0. The van der Waals surface area contributed by atoms with Crippen LogP contribution in [0.1, 0.15) is 36.8 Å². The number of likely N-dealkylation sites (tertiary alicyclic amines) is 2. The molecule has 24 heavy (non-hydrogen) atoms. The Kier molecular flexibility index (Phi) is 7.36.